The molecule has 0 saturated heterocycles. The van der Waals surface area contributed by atoms with E-state index in [1.807, 2.05) is 24.3 Å². The SMILES string of the molecule is CN([C@H](C(=O)NC[C@H]1COc2ccccc2O1)c1ccccc1)S(C)(=O)=O. The Labute approximate surface area is 158 Å². The van der Waals surface area contributed by atoms with E-state index < -0.39 is 22.0 Å². The van der Waals surface area contributed by atoms with Crippen molar-refractivity contribution in [3.05, 3.63) is 60.2 Å². The Balaban J connectivity index is 1.70. The van der Waals surface area contributed by atoms with Crippen LogP contribution in [-0.4, -0.2) is 51.2 Å². The minimum Gasteiger partial charge on any atom is -0.486 e. The van der Waals surface area contributed by atoms with Crippen molar-refractivity contribution in [2.75, 3.05) is 26.5 Å². The van der Waals surface area contributed by atoms with Gasteiger partial charge in [-0.15, -0.1) is 0 Å². The van der Waals surface area contributed by atoms with Gasteiger partial charge in [0, 0.05) is 7.05 Å². The maximum Gasteiger partial charge on any atom is 0.243 e. The van der Waals surface area contributed by atoms with Crippen molar-refractivity contribution in [3.8, 4) is 11.5 Å². The van der Waals surface area contributed by atoms with Crippen LogP contribution in [-0.2, 0) is 14.8 Å². The number of ether oxygens (including phenoxy) is 2. The fraction of sp³-hybridized carbons (Fsp3) is 0.316. The summed E-state index contributed by atoms with van der Waals surface area (Å²) in [5.41, 5.74) is 0.592. The molecule has 1 aliphatic rings. The average Bonchev–Trinajstić information content (AvgIpc) is 2.66. The van der Waals surface area contributed by atoms with Gasteiger partial charge in [0.15, 0.2) is 11.5 Å². The molecular formula is C19H22N2O5S. The van der Waals surface area contributed by atoms with Crippen LogP contribution in [0.2, 0.25) is 0 Å². The summed E-state index contributed by atoms with van der Waals surface area (Å²) in [6, 6.07) is 15.1. The number of amides is 1. The number of nitrogens with zero attached hydrogens (tertiary/aromatic N) is 1. The number of likely N-dealkylation sites (N-methyl/N-ethyl adjacent to an activating group) is 1. The van der Waals surface area contributed by atoms with E-state index in [4.69, 9.17) is 9.47 Å². The molecule has 1 amide bonds. The van der Waals surface area contributed by atoms with Crippen molar-refractivity contribution >= 4 is 15.9 Å². The van der Waals surface area contributed by atoms with Gasteiger partial charge < -0.3 is 14.8 Å². The summed E-state index contributed by atoms with van der Waals surface area (Å²) in [7, 11) is -2.17. The van der Waals surface area contributed by atoms with Gasteiger partial charge in [0.2, 0.25) is 15.9 Å². The molecule has 3 rings (SSSR count). The Bertz CT molecular complexity index is 901. The summed E-state index contributed by atoms with van der Waals surface area (Å²) < 4.78 is 36.5. The van der Waals surface area contributed by atoms with Crippen LogP contribution in [0.4, 0.5) is 0 Å². The van der Waals surface area contributed by atoms with Crippen LogP contribution in [0, 0.1) is 0 Å². The summed E-state index contributed by atoms with van der Waals surface area (Å²) >= 11 is 0. The molecule has 0 fully saturated rings. The summed E-state index contributed by atoms with van der Waals surface area (Å²) in [6.07, 6.45) is 0.717. The molecule has 1 N–H and O–H groups in total. The molecule has 2 atom stereocenters. The first kappa shape index (κ1) is 19.2. The number of para-hydroxylation sites is 2. The lowest BCUT2D eigenvalue weighted by Gasteiger charge is -2.29. The van der Waals surface area contributed by atoms with Crippen molar-refractivity contribution in [2.24, 2.45) is 0 Å². The van der Waals surface area contributed by atoms with E-state index in [1.54, 1.807) is 30.3 Å². The quantitative estimate of drug-likeness (QED) is 0.809. The van der Waals surface area contributed by atoms with Crippen LogP contribution in [0.25, 0.3) is 0 Å². The van der Waals surface area contributed by atoms with E-state index in [1.165, 1.54) is 7.05 Å². The van der Waals surface area contributed by atoms with E-state index in [0.717, 1.165) is 10.6 Å². The van der Waals surface area contributed by atoms with Gasteiger partial charge in [0.1, 0.15) is 18.8 Å². The number of hydrogen-bond donors (Lipinski definition) is 1. The lowest BCUT2D eigenvalue weighted by atomic mass is 10.1. The van der Waals surface area contributed by atoms with Gasteiger partial charge in [-0.05, 0) is 17.7 Å². The molecular weight excluding hydrogens is 368 g/mol. The molecule has 144 valence electrons. The Morgan fingerprint density at radius 3 is 2.44 bits per heavy atom. The fourth-order valence-electron chi connectivity index (χ4n) is 2.83. The van der Waals surface area contributed by atoms with Crippen molar-refractivity contribution in [1.82, 2.24) is 9.62 Å². The lowest BCUT2D eigenvalue weighted by molar-refractivity contribution is -0.125. The maximum absolute atomic E-state index is 12.8. The predicted molar refractivity (Wildman–Crippen MR) is 101 cm³/mol. The van der Waals surface area contributed by atoms with E-state index in [9.17, 15) is 13.2 Å². The zero-order valence-electron chi connectivity index (χ0n) is 15.2. The van der Waals surface area contributed by atoms with Crippen LogP contribution in [0.5, 0.6) is 11.5 Å². The third-order valence-electron chi connectivity index (χ3n) is 4.32. The lowest BCUT2D eigenvalue weighted by Crippen LogP contribution is -2.46. The van der Waals surface area contributed by atoms with Gasteiger partial charge in [-0.1, -0.05) is 42.5 Å². The molecule has 0 unspecified atom stereocenters. The highest BCUT2D eigenvalue weighted by atomic mass is 32.2. The number of benzene rings is 2. The van der Waals surface area contributed by atoms with Crippen molar-refractivity contribution in [3.63, 3.8) is 0 Å². The highest BCUT2D eigenvalue weighted by molar-refractivity contribution is 7.88. The summed E-state index contributed by atoms with van der Waals surface area (Å²) in [6.45, 7) is 0.503. The Morgan fingerprint density at radius 1 is 1.15 bits per heavy atom. The van der Waals surface area contributed by atoms with Gasteiger partial charge >= 0.3 is 0 Å². The highest BCUT2D eigenvalue weighted by Gasteiger charge is 2.31. The first-order valence-electron chi connectivity index (χ1n) is 8.50. The number of nitrogens with one attached hydrogen (secondary N) is 1. The van der Waals surface area contributed by atoms with Gasteiger partial charge in [-0.3, -0.25) is 4.79 Å². The Kier molecular flexibility index (Phi) is 5.67. The summed E-state index contributed by atoms with van der Waals surface area (Å²) in [5.74, 6) is 0.867. The van der Waals surface area contributed by atoms with E-state index >= 15 is 0 Å². The predicted octanol–water partition coefficient (Wildman–Crippen LogP) is 1.58. The highest BCUT2D eigenvalue weighted by Crippen LogP contribution is 2.30. The molecule has 0 aliphatic carbocycles. The zero-order chi connectivity index (χ0) is 19.4. The van der Waals surface area contributed by atoms with Crippen molar-refractivity contribution in [2.45, 2.75) is 12.1 Å². The fourth-order valence-corrected chi connectivity index (χ4v) is 3.43. The third-order valence-corrected chi connectivity index (χ3v) is 5.58. The molecule has 0 bridgehead atoms. The standard InChI is InChI=1S/C19H22N2O5S/c1-21(27(2,23)24)18(14-8-4-3-5-9-14)19(22)20-12-15-13-25-16-10-6-7-11-17(16)26-15/h3-11,15,18H,12-13H2,1-2H3,(H,20,22)/t15-,18-/m0/s1. The molecule has 8 heteroatoms. The van der Waals surface area contributed by atoms with E-state index in [-0.39, 0.29) is 12.6 Å². The van der Waals surface area contributed by atoms with Crippen molar-refractivity contribution < 1.29 is 22.7 Å². The summed E-state index contributed by atoms with van der Waals surface area (Å²) in [5, 5.41) is 2.78. The number of sulfonamides is 1. The van der Waals surface area contributed by atoms with Crippen LogP contribution in [0.15, 0.2) is 54.6 Å². The normalized spacial score (nSPS) is 17.4. The van der Waals surface area contributed by atoms with Gasteiger partial charge in [-0.25, -0.2) is 8.42 Å². The van der Waals surface area contributed by atoms with E-state index in [0.29, 0.717) is 23.7 Å². The summed E-state index contributed by atoms with van der Waals surface area (Å²) in [4.78, 5) is 12.8. The number of carbonyl (C=O) groups is 1. The molecule has 7 nitrogen and oxygen atoms in total. The first-order chi connectivity index (χ1) is 12.9. The van der Waals surface area contributed by atoms with Gasteiger partial charge in [-0.2, -0.15) is 4.31 Å². The molecule has 0 radical (unpaired) electrons. The minimum atomic E-state index is -3.56. The number of rotatable bonds is 6. The smallest absolute Gasteiger partial charge is 0.243 e. The molecule has 1 heterocycles. The topological polar surface area (TPSA) is 84.9 Å². The van der Waals surface area contributed by atoms with Gasteiger partial charge in [0.05, 0.1) is 12.8 Å². The molecule has 2 aromatic carbocycles. The first-order valence-corrected chi connectivity index (χ1v) is 10.4. The molecule has 27 heavy (non-hydrogen) atoms. The number of hydrogen-bond acceptors (Lipinski definition) is 5. The molecule has 0 aromatic heterocycles. The zero-order valence-corrected chi connectivity index (χ0v) is 16.0. The largest absolute Gasteiger partial charge is 0.486 e. The monoisotopic (exact) mass is 390 g/mol. The third kappa shape index (κ3) is 4.58. The van der Waals surface area contributed by atoms with Crippen LogP contribution >= 0.6 is 0 Å². The van der Waals surface area contributed by atoms with Gasteiger partial charge in [0.25, 0.3) is 0 Å². The van der Waals surface area contributed by atoms with Crippen LogP contribution in [0.1, 0.15) is 11.6 Å². The molecule has 2 aromatic rings. The van der Waals surface area contributed by atoms with E-state index in [2.05, 4.69) is 5.32 Å². The number of carbonyl (C=O) groups excluding carboxylic acids is 1. The maximum atomic E-state index is 12.8. The minimum absolute atomic E-state index is 0.202. The second-order valence-electron chi connectivity index (χ2n) is 6.34. The molecule has 0 saturated carbocycles. The Hall–Kier alpha value is -2.58. The Morgan fingerprint density at radius 2 is 1.78 bits per heavy atom. The van der Waals surface area contributed by atoms with Crippen LogP contribution in [0.3, 0.4) is 0 Å². The molecule has 1 aliphatic heterocycles. The van der Waals surface area contributed by atoms with Crippen molar-refractivity contribution in [1.29, 1.82) is 0 Å². The second-order valence-corrected chi connectivity index (χ2v) is 8.38. The number of fused-ring (bicyclic) bond motifs is 1. The average molecular weight is 390 g/mol. The van der Waals surface area contributed by atoms with Crippen LogP contribution < -0.4 is 14.8 Å². The molecule has 0 spiro atoms. The second kappa shape index (κ2) is 7.98.